The fraction of sp³-hybridized carbons (Fsp3) is 0.667. The van der Waals surface area contributed by atoms with Gasteiger partial charge in [0.25, 0.3) is 5.91 Å². The summed E-state index contributed by atoms with van der Waals surface area (Å²) in [6, 6.07) is 4.24. The Morgan fingerprint density at radius 3 is 2.64 bits per heavy atom. The smallest absolute Gasteiger partial charge is 0.257 e. The Hall–Kier alpha value is -1.58. The van der Waals surface area contributed by atoms with E-state index < -0.39 is 0 Å². The molecule has 3 rings (SSSR count). The predicted molar refractivity (Wildman–Crippen MR) is 89.0 cm³/mol. The number of piperidine rings is 1. The Morgan fingerprint density at radius 2 is 1.91 bits per heavy atom. The van der Waals surface area contributed by atoms with Crippen molar-refractivity contribution >= 4 is 11.7 Å². The average Bonchev–Trinajstić information content (AvgIpc) is 2.58. The van der Waals surface area contributed by atoms with Gasteiger partial charge < -0.3 is 10.2 Å². The van der Waals surface area contributed by atoms with Crippen molar-refractivity contribution in [2.45, 2.75) is 57.9 Å². The summed E-state index contributed by atoms with van der Waals surface area (Å²) in [6.07, 6.45) is 10.1. The maximum Gasteiger partial charge on any atom is 0.257 e. The normalized spacial score (nSPS) is 25.8. The summed E-state index contributed by atoms with van der Waals surface area (Å²) in [5.41, 5.74) is 0.739. The molecule has 1 aromatic rings. The third kappa shape index (κ3) is 3.60. The number of nitrogens with zero attached hydrogens (tertiary/aromatic N) is 2. The Labute approximate surface area is 133 Å². The van der Waals surface area contributed by atoms with Gasteiger partial charge in [-0.05, 0) is 63.0 Å². The first kappa shape index (κ1) is 15.3. The second-order valence-corrected chi connectivity index (χ2v) is 6.85. The minimum absolute atomic E-state index is 0.138. The van der Waals surface area contributed by atoms with E-state index in [9.17, 15) is 4.79 Å². The standard InChI is InChI=1S/C18H27N3O/c1-14-7-9-15(10-8-14)20-17-16(6-5-11-19-17)18(22)21-12-3-2-4-13-21/h5-6,11,14-15H,2-4,7-10,12-13H2,1H3,(H,19,20). The lowest BCUT2D eigenvalue weighted by molar-refractivity contribution is 0.0725. The molecule has 2 heterocycles. The number of hydrogen-bond donors (Lipinski definition) is 1. The topological polar surface area (TPSA) is 45.2 Å². The van der Waals surface area contributed by atoms with Gasteiger partial charge >= 0.3 is 0 Å². The zero-order valence-corrected chi connectivity index (χ0v) is 13.6. The monoisotopic (exact) mass is 301 g/mol. The second kappa shape index (κ2) is 7.12. The van der Waals surface area contributed by atoms with Gasteiger partial charge in [-0.25, -0.2) is 4.98 Å². The van der Waals surface area contributed by atoms with E-state index in [4.69, 9.17) is 0 Å². The third-order valence-corrected chi connectivity index (χ3v) is 5.04. The molecule has 1 saturated carbocycles. The van der Waals surface area contributed by atoms with E-state index in [1.165, 1.54) is 32.1 Å². The Bertz CT molecular complexity index is 503. The van der Waals surface area contributed by atoms with Crippen LogP contribution in [-0.2, 0) is 0 Å². The molecular weight excluding hydrogens is 274 g/mol. The van der Waals surface area contributed by atoms with Crippen LogP contribution in [0.5, 0.6) is 0 Å². The largest absolute Gasteiger partial charge is 0.367 e. The maximum atomic E-state index is 12.8. The molecule has 4 heteroatoms. The molecule has 0 aromatic carbocycles. The van der Waals surface area contributed by atoms with E-state index in [1.807, 2.05) is 17.0 Å². The lowest BCUT2D eigenvalue weighted by atomic mass is 9.87. The number of aromatic nitrogens is 1. The first-order valence-corrected chi connectivity index (χ1v) is 8.75. The summed E-state index contributed by atoms with van der Waals surface area (Å²) in [6.45, 7) is 4.09. The number of carbonyl (C=O) groups is 1. The minimum Gasteiger partial charge on any atom is -0.367 e. The number of nitrogens with one attached hydrogen (secondary N) is 1. The number of hydrogen-bond acceptors (Lipinski definition) is 3. The number of carbonyl (C=O) groups excluding carboxylic acids is 1. The van der Waals surface area contributed by atoms with E-state index in [-0.39, 0.29) is 5.91 Å². The third-order valence-electron chi connectivity index (χ3n) is 5.04. The lowest BCUT2D eigenvalue weighted by Crippen LogP contribution is -2.36. The van der Waals surface area contributed by atoms with Crippen molar-refractivity contribution in [2.75, 3.05) is 18.4 Å². The molecule has 1 aliphatic heterocycles. The molecule has 4 nitrogen and oxygen atoms in total. The first-order chi connectivity index (χ1) is 10.7. The van der Waals surface area contributed by atoms with Crippen molar-refractivity contribution in [1.29, 1.82) is 0 Å². The predicted octanol–water partition coefficient (Wildman–Crippen LogP) is 3.70. The summed E-state index contributed by atoms with van der Waals surface area (Å²) in [5.74, 6) is 1.74. The van der Waals surface area contributed by atoms with E-state index in [2.05, 4.69) is 17.2 Å². The van der Waals surface area contributed by atoms with Gasteiger partial charge in [-0.1, -0.05) is 6.92 Å². The highest BCUT2D eigenvalue weighted by Gasteiger charge is 2.24. The lowest BCUT2D eigenvalue weighted by Gasteiger charge is -2.30. The molecule has 2 fully saturated rings. The number of pyridine rings is 1. The van der Waals surface area contributed by atoms with Crippen molar-refractivity contribution in [3.63, 3.8) is 0 Å². The zero-order valence-electron chi connectivity index (χ0n) is 13.6. The van der Waals surface area contributed by atoms with Crippen molar-refractivity contribution < 1.29 is 4.79 Å². The Balaban J connectivity index is 1.70. The molecule has 1 saturated heterocycles. The van der Waals surface area contributed by atoms with Gasteiger partial charge in [-0.3, -0.25) is 4.79 Å². The van der Waals surface area contributed by atoms with Crippen LogP contribution in [-0.4, -0.2) is 34.9 Å². The van der Waals surface area contributed by atoms with Crippen LogP contribution in [0.25, 0.3) is 0 Å². The van der Waals surface area contributed by atoms with Crippen LogP contribution in [0.15, 0.2) is 18.3 Å². The van der Waals surface area contributed by atoms with Crippen LogP contribution >= 0.6 is 0 Å². The Morgan fingerprint density at radius 1 is 1.18 bits per heavy atom. The molecule has 0 bridgehead atoms. The molecule has 120 valence electrons. The van der Waals surface area contributed by atoms with E-state index >= 15 is 0 Å². The summed E-state index contributed by atoms with van der Waals surface area (Å²) in [7, 11) is 0. The molecule has 0 unspecified atom stereocenters. The molecule has 1 amide bonds. The molecule has 0 spiro atoms. The molecule has 0 atom stereocenters. The van der Waals surface area contributed by atoms with Gasteiger partial charge in [-0.15, -0.1) is 0 Å². The molecular formula is C18H27N3O. The summed E-state index contributed by atoms with van der Waals surface area (Å²) < 4.78 is 0. The second-order valence-electron chi connectivity index (χ2n) is 6.85. The van der Waals surface area contributed by atoms with Crippen molar-refractivity contribution in [3.8, 4) is 0 Å². The van der Waals surface area contributed by atoms with Gasteiger partial charge in [0.05, 0.1) is 5.56 Å². The van der Waals surface area contributed by atoms with Crippen LogP contribution < -0.4 is 5.32 Å². The number of anilines is 1. The minimum atomic E-state index is 0.138. The quantitative estimate of drug-likeness (QED) is 0.926. The summed E-state index contributed by atoms with van der Waals surface area (Å²) in [4.78, 5) is 19.2. The van der Waals surface area contributed by atoms with Gasteiger partial charge in [-0.2, -0.15) is 0 Å². The van der Waals surface area contributed by atoms with Gasteiger partial charge in [0.15, 0.2) is 0 Å². The fourth-order valence-electron chi connectivity index (χ4n) is 3.56. The van der Waals surface area contributed by atoms with Crippen LogP contribution in [0, 0.1) is 5.92 Å². The first-order valence-electron chi connectivity index (χ1n) is 8.75. The zero-order chi connectivity index (χ0) is 15.4. The highest BCUT2D eigenvalue weighted by molar-refractivity contribution is 5.98. The molecule has 1 N–H and O–H groups in total. The van der Waals surface area contributed by atoms with Crippen LogP contribution in [0.2, 0.25) is 0 Å². The van der Waals surface area contributed by atoms with Crippen LogP contribution in [0.3, 0.4) is 0 Å². The van der Waals surface area contributed by atoms with Gasteiger partial charge in [0.1, 0.15) is 5.82 Å². The Kier molecular flexibility index (Phi) is 4.96. The molecule has 0 radical (unpaired) electrons. The summed E-state index contributed by atoms with van der Waals surface area (Å²) >= 11 is 0. The number of rotatable bonds is 3. The van der Waals surface area contributed by atoms with E-state index in [0.717, 1.165) is 43.2 Å². The van der Waals surface area contributed by atoms with Gasteiger partial charge in [0.2, 0.25) is 0 Å². The van der Waals surface area contributed by atoms with Crippen molar-refractivity contribution in [1.82, 2.24) is 9.88 Å². The van der Waals surface area contributed by atoms with Crippen LogP contribution in [0.4, 0.5) is 5.82 Å². The maximum absolute atomic E-state index is 12.8. The van der Waals surface area contributed by atoms with E-state index in [1.54, 1.807) is 6.20 Å². The molecule has 2 aliphatic rings. The number of amides is 1. The summed E-state index contributed by atoms with van der Waals surface area (Å²) in [5, 5.41) is 3.53. The van der Waals surface area contributed by atoms with Gasteiger partial charge in [0, 0.05) is 25.3 Å². The highest BCUT2D eigenvalue weighted by Crippen LogP contribution is 2.27. The SMILES string of the molecule is CC1CCC(Nc2ncccc2C(=O)N2CCCCC2)CC1. The molecule has 22 heavy (non-hydrogen) atoms. The molecule has 1 aromatic heterocycles. The highest BCUT2D eigenvalue weighted by atomic mass is 16.2. The average molecular weight is 301 g/mol. The van der Waals surface area contributed by atoms with Crippen LogP contribution in [0.1, 0.15) is 62.2 Å². The fourth-order valence-corrected chi connectivity index (χ4v) is 3.56. The van der Waals surface area contributed by atoms with Crippen molar-refractivity contribution in [2.24, 2.45) is 5.92 Å². The number of likely N-dealkylation sites (tertiary alicyclic amines) is 1. The van der Waals surface area contributed by atoms with Crippen molar-refractivity contribution in [3.05, 3.63) is 23.9 Å². The van der Waals surface area contributed by atoms with E-state index in [0.29, 0.717) is 6.04 Å². The molecule has 1 aliphatic carbocycles.